The fourth-order valence-corrected chi connectivity index (χ4v) is 4.50. The number of nitrogens with zero attached hydrogens (tertiary/aromatic N) is 1. The number of para-hydroxylation sites is 1. The highest BCUT2D eigenvalue weighted by Crippen LogP contribution is 2.24. The van der Waals surface area contributed by atoms with Crippen molar-refractivity contribution in [2.24, 2.45) is 0 Å². The Hall–Kier alpha value is -2.54. The Labute approximate surface area is 186 Å². The topological polar surface area (TPSA) is 66.5 Å². The van der Waals surface area contributed by atoms with Gasteiger partial charge in [-0.2, -0.15) is 0 Å². The van der Waals surface area contributed by atoms with Crippen LogP contribution in [0.15, 0.2) is 83.8 Å². The van der Waals surface area contributed by atoms with Gasteiger partial charge in [0.2, 0.25) is 5.91 Å². The van der Waals surface area contributed by atoms with E-state index in [-0.39, 0.29) is 11.4 Å². The smallest absolute Gasteiger partial charge is 0.264 e. The van der Waals surface area contributed by atoms with E-state index in [9.17, 15) is 13.2 Å². The third-order valence-corrected chi connectivity index (χ3v) is 6.67. The molecule has 0 atom stereocenters. The van der Waals surface area contributed by atoms with Crippen LogP contribution in [0.1, 0.15) is 5.56 Å². The lowest BCUT2D eigenvalue weighted by molar-refractivity contribution is -0.119. The maximum absolute atomic E-state index is 13.2. The maximum atomic E-state index is 13.2. The number of sulfonamides is 1. The van der Waals surface area contributed by atoms with Gasteiger partial charge in [-0.15, -0.1) is 0 Å². The molecular weight excluding hydrogens is 443 g/mol. The van der Waals surface area contributed by atoms with Crippen molar-refractivity contribution in [2.45, 2.75) is 11.3 Å². The molecule has 1 amide bonds. The van der Waals surface area contributed by atoms with Gasteiger partial charge in [-0.1, -0.05) is 53.5 Å². The molecule has 0 saturated heterocycles. The lowest BCUT2D eigenvalue weighted by atomic mass is 10.1. The van der Waals surface area contributed by atoms with Crippen LogP contribution in [0, 0.1) is 0 Å². The minimum atomic E-state index is -3.95. The SMILES string of the molecule is O=C(CN(c1ccccc1)S(=O)(=O)c1ccc(Cl)cc1)NCCc1ccc(Cl)cc1. The standard InChI is InChI=1S/C22H20Cl2N2O3S/c23-18-8-6-17(7-9-18)14-15-25-22(27)16-26(20-4-2-1-3-5-20)30(28,29)21-12-10-19(24)11-13-21/h1-13H,14-16H2,(H,25,27). The first-order valence-corrected chi connectivity index (χ1v) is 11.4. The van der Waals surface area contributed by atoms with Crippen LogP contribution in [0.2, 0.25) is 10.0 Å². The summed E-state index contributed by atoms with van der Waals surface area (Å²) in [6.07, 6.45) is 0.609. The summed E-state index contributed by atoms with van der Waals surface area (Å²) in [5, 5.41) is 3.86. The van der Waals surface area contributed by atoms with Gasteiger partial charge in [-0.25, -0.2) is 8.42 Å². The van der Waals surface area contributed by atoms with Gasteiger partial charge >= 0.3 is 0 Å². The van der Waals surface area contributed by atoms with Gasteiger partial charge in [0.1, 0.15) is 6.54 Å². The third kappa shape index (κ3) is 5.75. The number of anilines is 1. The first-order valence-electron chi connectivity index (χ1n) is 9.21. The minimum absolute atomic E-state index is 0.0599. The predicted octanol–water partition coefficient (Wildman–Crippen LogP) is 4.55. The number of benzene rings is 3. The fraction of sp³-hybridized carbons (Fsp3) is 0.136. The first-order chi connectivity index (χ1) is 14.4. The fourth-order valence-electron chi connectivity index (χ4n) is 2.83. The van der Waals surface area contributed by atoms with E-state index in [0.717, 1.165) is 9.87 Å². The summed E-state index contributed by atoms with van der Waals surface area (Å²) in [5.41, 5.74) is 1.42. The molecule has 3 aromatic carbocycles. The summed E-state index contributed by atoms with van der Waals surface area (Å²) in [5.74, 6) is -0.398. The van der Waals surface area contributed by atoms with Crippen LogP contribution in [0.4, 0.5) is 5.69 Å². The van der Waals surface area contributed by atoms with Crippen molar-refractivity contribution in [3.63, 3.8) is 0 Å². The Morgan fingerprint density at radius 1 is 0.833 bits per heavy atom. The molecule has 0 spiro atoms. The van der Waals surface area contributed by atoms with Crippen molar-refractivity contribution >= 4 is 44.8 Å². The number of carbonyl (C=O) groups is 1. The van der Waals surface area contributed by atoms with E-state index in [2.05, 4.69) is 5.32 Å². The Kier molecular flexibility index (Phi) is 7.37. The van der Waals surface area contributed by atoms with Gasteiger partial charge in [0, 0.05) is 16.6 Å². The number of nitrogens with one attached hydrogen (secondary N) is 1. The number of rotatable bonds is 8. The molecule has 1 N–H and O–H groups in total. The molecule has 3 aromatic rings. The number of amides is 1. The van der Waals surface area contributed by atoms with Crippen molar-refractivity contribution in [3.8, 4) is 0 Å². The summed E-state index contributed by atoms with van der Waals surface area (Å²) in [6.45, 7) is 0.0413. The highest BCUT2D eigenvalue weighted by atomic mass is 35.5. The minimum Gasteiger partial charge on any atom is -0.354 e. The second-order valence-electron chi connectivity index (χ2n) is 6.53. The molecule has 0 bridgehead atoms. The molecular formula is C22H20Cl2N2O3S. The van der Waals surface area contributed by atoms with E-state index in [0.29, 0.717) is 28.7 Å². The lowest BCUT2D eigenvalue weighted by Crippen LogP contribution is -2.41. The summed E-state index contributed by atoms with van der Waals surface area (Å²) in [4.78, 5) is 12.6. The molecule has 0 aliphatic heterocycles. The maximum Gasteiger partial charge on any atom is 0.264 e. The molecule has 5 nitrogen and oxygen atoms in total. The second-order valence-corrected chi connectivity index (χ2v) is 9.26. The molecule has 0 unspecified atom stereocenters. The molecule has 0 radical (unpaired) electrons. The molecule has 0 aromatic heterocycles. The molecule has 0 aliphatic carbocycles. The van der Waals surface area contributed by atoms with E-state index >= 15 is 0 Å². The molecule has 3 rings (SSSR count). The predicted molar refractivity (Wildman–Crippen MR) is 121 cm³/mol. The number of carbonyl (C=O) groups excluding carboxylic acids is 1. The average molecular weight is 463 g/mol. The Bertz CT molecular complexity index is 1090. The van der Waals surface area contributed by atoms with Gasteiger partial charge < -0.3 is 5.32 Å². The van der Waals surface area contributed by atoms with Gasteiger partial charge in [0.05, 0.1) is 10.6 Å². The van der Waals surface area contributed by atoms with E-state index in [1.165, 1.54) is 24.3 Å². The first kappa shape index (κ1) is 22.2. The zero-order chi connectivity index (χ0) is 21.6. The Morgan fingerprint density at radius 3 is 2.00 bits per heavy atom. The molecule has 0 saturated carbocycles. The largest absolute Gasteiger partial charge is 0.354 e. The van der Waals surface area contributed by atoms with Gasteiger partial charge in [-0.3, -0.25) is 9.10 Å². The number of hydrogen-bond acceptors (Lipinski definition) is 3. The summed E-state index contributed by atoms with van der Waals surface area (Å²) >= 11 is 11.8. The molecule has 156 valence electrons. The highest BCUT2D eigenvalue weighted by molar-refractivity contribution is 7.92. The number of halogens is 2. The van der Waals surface area contributed by atoms with Crippen molar-refractivity contribution in [3.05, 3.63) is 94.5 Å². The zero-order valence-corrected chi connectivity index (χ0v) is 18.3. The van der Waals surface area contributed by atoms with E-state index < -0.39 is 15.9 Å². The Morgan fingerprint density at radius 2 is 1.40 bits per heavy atom. The summed E-state index contributed by atoms with van der Waals surface area (Å²) in [7, 11) is -3.95. The summed E-state index contributed by atoms with van der Waals surface area (Å²) in [6, 6.07) is 21.7. The van der Waals surface area contributed by atoms with Crippen LogP contribution in [-0.4, -0.2) is 27.4 Å². The highest BCUT2D eigenvalue weighted by Gasteiger charge is 2.27. The monoisotopic (exact) mass is 462 g/mol. The Balaban J connectivity index is 1.73. The van der Waals surface area contributed by atoms with E-state index in [1.807, 2.05) is 12.1 Å². The third-order valence-electron chi connectivity index (χ3n) is 4.38. The molecule has 0 aliphatic rings. The van der Waals surface area contributed by atoms with Crippen LogP contribution >= 0.6 is 23.2 Å². The van der Waals surface area contributed by atoms with Crippen molar-refractivity contribution in [1.29, 1.82) is 0 Å². The van der Waals surface area contributed by atoms with Crippen molar-refractivity contribution in [1.82, 2.24) is 5.32 Å². The van der Waals surface area contributed by atoms with Gasteiger partial charge in [-0.05, 0) is 60.5 Å². The lowest BCUT2D eigenvalue weighted by Gasteiger charge is -2.24. The number of hydrogen-bond donors (Lipinski definition) is 1. The molecule has 8 heteroatoms. The quantitative estimate of drug-likeness (QED) is 0.533. The van der Waals surface area contributed by atoms with Crippen LogP contribution < -0.4 is 9.62 Å². The molecule has 0 heterocycles. The van der Waals surface area contributed by atoms with Crippen LogP contribution in [-0.2, 0) is 21.2 Å². The average Bonchev–Trinajstić information content (AvgIpc) is 2.74. The van der Waals surface area contributed by atoms with Crippen LogP contribution in [0.25, 0.3) is 0 Å². The second kappa shape index (κ2) is 9.98. The molecule has 30 heavy (non-hydrogen) atoms. The van der Waals surface area contributed by atoms with Crippen LogP contribution in [0.5, 0.6) is 0 Å². The normalized spacial score (nSPS) is 11.1. The molecule has 0 fully saturated rings. The van der Waals surface area contributed by atoms with E-state index in [4.69, 9.17) is 23.2 Å². The zero-order valence-electron chi connectivity index (χ0n) is 16.0. The van der Waals surface area contributed by atoms with Crippen molar-refractivity contribution in [2.75, 3.05) is 17.4 Å². The van der Waals surface area contributed by atoms with Crippen LogP contribution in [0.3, 0.4) is 0 Å². The summed E-state index contributed by atoms with van der Waals surface area (Å²) < 4.78 is 27.5. The van der Waals surface area contributed by atoms with Gasteiger partial charge in [0.25, 0.3) is 10.0 Å². The van der Waals surface area contributed by atoms with Gasteiger partial charge in [0.15, 0.2) is 0 Å². The van der Waals surface area contributed by atoms with Crippen molar-refractivity contribution < 1.29 is 13.2 Å². The van der Waals surface area contributed by atoms with E-state index in [1.54, 1.807) is 42.5 Å².